The molecule has 18 heavy (non-hydrogen) atoms. The molecule has 0 aliphatic heterocycles. The molecule has 0 amide bonds. The average molecular weight is 250 g/mol. The number of ether oxygens (including phenoxy) is 1. The summed E-state index contributed by atoms with van der Waals surface area (Å²) in [5, 5.41) is 0. The van der Waals surface area contributed by atoms with Crippen molar-refractivity contribution in [2.24, 2.45) is 22.2 Å². The van der Waals surface area contributed by atoms with E-state index in [1.165, 1.54) is 12.8 Å². The predicted octanol–water partition coefficient (Wildman–Crippen LogP) is 3.96. The van der Waals surface area contributed by atoms with Crippen molar-refractivity contribution in [2.75, 3.05) is 6.61 Å². The molecule has 0 saturated heterocycles. The zero-order valence-electron chi connectivity index (χ0n) is 12.4. The van der Waals surface area contributed by atoms with E-state index in [-0.39, 0.29) is 22.2 Å². The summed E-state index contributed by atoms with van der Waals surface area (Å²) in [6.45, 7) is 11.2. The maximum atomic E-state index is 12.4. The van der Waals surface area contributed by atoms with Gasteiger partial charge in [-0.3, -0.25) is 4.79 Å². The van der Waals surface area contributed by atoms with Crippen LogP contribution in [0.25, 0.3) is 0 Å². The van der Waals surface area contributed by atoms with Gasteiger partial charge in [-0.2, -0.15) is 0 Å². The first-order chi connectivity index (χ1) is 8.25. The van der Waals surface area contributed by atoms with Crippen molar-refractivity contribution < 1.29 is 9.53 Å². The fourth-order valence-electron chi connectivity index (χ4n) is 3.45. The van der Waals surface area contributed by atoms with Gasteiger partial charge in [0.1, 0.15) is 0 Å². The monoisotopic (exact) mass is 250 g/mol. The second-order valence-corrected chi connectivity index (χ2v) is 7.09. The summed E-state index contributed by atoms with van der Waals surface area (Å²) >= 11 is 0. The molecule has 0 radical (unpaired) electrons. The number of hydrogen-bond acceptors (Lipinski definition) is 2. The molecule has 0 bridgehead atoms. The van der Waals surface area contributed by atoms with Gasteiger partial charge in [-0.05, 0) is 37.0 Å². The lowest BCUT2D eigenvalue weighted by Crippen LogP contribution is -2.25. The zero-order chi connectivity index (χ0) is 13.6. The summed E-state index contributed by atoms with van der Waals surface area (Å²) in [5.74, 6) is 0.410. The molecule has 2 aliphatic carbocycles. The van der Waals surface area contributed by atoms with E-state index in [2.05, 4.69) is 39.8 Å². The van der Waals surface area contributed by atoms with Gasteiger partial charge in [0.05, 0.1) is 12.0 Å². The minimum absolute atomic E-state index is 0.0172. The molecule has 1 unspecified atom stereocenters. The van der Waals surface area contributed by atoms with Crippen LogP contribution in [0.3, 0.4) is 0 Å². The molecule has 102 valence electrons. The first-order valence-electron chi connectivity index (χ1n) is 7.09. The number of hydrogen-bond donors (Lipinski definition) is 0. The third-order valence-electron chi connectivity index (χ3n) is 6.19. The molecule has 2 aliphatic rings. The lowest BCUT2D eigenvalue weighted by Gasteiger charge is -2.19. The minimum Gasteiger partial charge on any atom is -0.465 e. The summed E-state index contributed by atoms with van der Waals surface area (Å²) in [6, 6.07) is 0. The smallest absolute Gasteiger partial charge is 0.312 e. The summed E-state index contributed by atoms with van der Waals surface area (Å²) in [7, 11) is 0. The van der Waals surface area contributed by atoms with Crippen LogP contribution in [0, 0.1) is 22.2 Å². The normalized spacial score (nSPS) is 30.8. The van der Waals surface area contributed by atoms with Crippen molar-refractivity contribution in [1.29, 1.82) is 0 Å². The van der Waals surface area contributed by atoms with E-state index in [9.17, 15) is 4.79 Å². The van der Waals surface area contributed by atoms with Crippen LogP contribution in [0.4, 0.5) is 0 Å². The Bertz CT molecular complexity index is 363. The molecule has 0 spiro atoms. The Hall–Kier alpha value is -0.790. The second kappa shape index (κ2) is 4.11. The predicted molar refractivity (Wildman–Crippen MR) is 73.1 cm³/mol. The summed E-state index contributed by atoms with van der Waals surface area (Å²) < 4.78 is 5.59. The first kappa shape index (κ1) is 13.6. The summed E-state index contributed by atoms with van der Waals surface area (Å²) in [5.41, 5.74) is -0.280. The van der Waals surface area contributed by atoms with Crippen LogP contribution in [0.15, 0.2) is 12.2 Å². The standard InChI is InChI=1S/C16H26O2/c1-14(2)15(3,4)16(14,5)13(17)18-11-12-9-7-6-8-10-12/h7,9,12H,6,8,10-11H2,1-5H3. The highest BCUT2D eigenvalue weighted by atomic mass is 16.5. The molecule has 0 aromatic carbocycles. The van der Waals surface area contributed by atoms with Gasteiger partial charge in [0, 0.05) is 5.92 Å². The number of esters is 1. The Kier molecular flexibility index (Phi) is 3.11. The van der Waals surface area contributed by atoms with Crippen molar-refractivity contribution in [3.05, 3.63) is 12.2 Å². The number of carbonyl (C=O) groups excluding carboxylic acids is 1. The number of allylic oxidation sites excluding steroid dienone is 1. The van der Waals surface area contributed by atoms with Crippen molar-refractivity contribution in [3.63, 3.8) is 0 Å². The summed E-state index contributed by atoms with van der Waals surface area (Å²) in [6.07, 6.45) is 7.93. The molecule has 2 rings (SSSR count). The van der Waals surface area contributed by atoms with E-state index in [1.54, 1.807) is 0 Å². The van der Waals surface area contributed by atoms with Gasteiger partial charge in [-0.1, -0.05) is 39.8 Å². The molecule has 2 nitrogen and oxygen atoms in total. The molecule has 1 saturated carbocycles. The summed E-state index contributed by atoms with van der Waals surface area (Å²) in [4.78, 5) is 12.4. The van der Waals surface area contributed by atoms with Crippen LogP contribution < -0.4 is 0 Å². The minimum atomic E-state index is -0.335. The maximum Gasteiger partial charge on any atom is 0.312 e. The Labute approximate surface area is 111 Å². The average Bonchev–Trinajstić information content (AvgIpc) is 2.66. The third kappa shape index (κ3) is 1.64. The molecule has 1 fully saturated rings. The molecule has 0 heterocycles. The van der Waals surface area contributed by atoms with Crippen LogP contribution in [0.2, 0.25) is 0 Å². The molecule has 2 heteroatoms. The highest BCUT2D eigenvalue weighted by Crippen LogP contribution is 2.77. The highest BCUT2D eigenvalue weighted by molar-refractivity contribution is 5.83. The SMILES string of the molecule is CC1(C)C(C)(C)C1(C)C(=O)OCC1C=CCCC1. The lowest BCUT2D eigenvalue weighted by atomic mass is 9.96. The van der Waals surface area contributed by atoms with Gasteiger partial charge < -0.3 is 4.74 Å². The van der Waals surface area contributed by atoms with Gasteiger partial charge in [0.2, 0.25) is 0 Å². The largest absolute Gasteiger partial charge is 0.465 e. The Morgan fingerprint density at radius 1 is 1.22 bits per heavy atom. The molecule has 0 aromatic heterocycles. The molecular weight excluding hydrogens is 224 g/mol. The molecular formula is C16H26O2. The van der Waals surface area contributed by atoms with E-state index in [1.807, 2.05) is 6.92 Å². The Morgan fingerprint density at radius 3 is 2.28 bits per heavy atom. The first-order valence-corrected chi connectivity index (χ1v) is 7.09. The number of carbonyl (C=O) groups is 1. The van der Waals surface area contributed by atoms with Crippen molar-refractivity contribution in [1.82, 2.24) is 0 Å². The van der Waals surface area contributed by atoms with Gasteiger partial charge in [0.15, 0.2) is 0 Å². The van der Waals surface area contributed by atoms with Crippen LogP contribution in [-0.4, -0.2) is 12.6 Å². The number of rotatable bonds is 3. The van der Waals surface area contributed by atoms with Gasteiger partial charge >= 0.3 is 5.97 Å². The topological polar surface area (TPSA) is 26.3 Å². The molecule has 0 N–H and O–H groups in total. The quantitative estimate of drug-likeness (QED) is 0.560. The van der Waals surface area contributed by atoms with Crippen LogP contribution in [-0.2, 0) is 9.53 Å². The zero-order valence-corrected chi connectivity index (χ0v) is 12.4. The van der Waals surface area contributed by atoms with E-state index in [0.717, 1.165) is 6.42 Å². The van der Waals surface area contributed by atoms with Crippen LogP contribution >= 0.6 is 0 Å². The van der Waals surface area contributed by atoms with Crippen molar-refractivity contribution in [2.45, 2.75) is 53.9 Å². The van der Waals surface area contributed by atoms with Gasteiger partial charge in [-0.25, -0.2) is 0 Å². The van der Waals surface area contributed by atoms with E-state index >= 15 is 0 Å². The van der Waals surface area contributed by atoms with Crippen LogP contribution in [0.1, 0.15) is 53.9 Å². The van der Waals surface area contributed by atoms with Crippen molar-refractivity contribution >= 4 is 5.97 Å². The Balaban J connectivity index is 1.94. The maximum absolute atomic E-state index is 12.4. The Morgan fingerprint density at radius 2 is 1.83 bits per heavy atom. The van der Waals surface area contributed by atoms with Crippen molar-refractivity contribution in [3.8, 4) is 0 Å². The second-order valence-electron chi connectivity index (χ2n) is 7.09. The fourth-order valence-corrected chi connectivity index (χ4v) is 3.45. The fraction of sp³-hybridized carbons (Fsp3) is 0.812. The lowest BCUT2D eigenvalue weighted by molar-refractivity contribution is -0.152. The van der Waals surface area contributed by atoms with Crippen LogP contribution in [0.5, 0.6) is 0 Å². The highest BCUT2D eigenvalue weighted by Gasteiger charge is 2.79. The van der Waals surface area contributed by atoms with E-state index in [0.29, 0.717) is 12.5 Å². The van der Waals surface area contributed by atoms with Gasteiger partial charge in [0.25, 0.3) is 0 Å². The third-order valence-corrected chi connectivity index (χ3v) is 6.19. The molecule has 0 aromatic rings. The molecule has 1 atom stereocenters. The van der Waals surface area contributed by atoms with Gasteiger partial charge in [-0.15, -0.1) is 0 Å². The van der Waals surface area contributed by atoms with E-state index in [4.69, 9.17) is 4.74 Å². The van der Waals surface area contributed by atoms with E-state index < -0.39 is 0 Å².